The molecule has 0 saturated carbocycles. The van der Waals surface area contributed by atoms with Crippen LogP contribution >= 0.6 is 0 Å². The molecule has 0 fully saturated rings. The van der Waals surface area contributed by atoms with E-state index >= 15 is 0 Å². The van der Waals surface area contributed by atoms with Gasteiger partial charge >= 0.3 is 0 Å². The first kappa shape index (κ1) is 17.6. The summed E-state index contributed by atoms with van der Waals surface area (Å²) in [5.74, 6) is 0. The zero-order chi connectivity index (χ0) is 14.6. The summed E-state index contributed by atoms with van der Waals surface area (Å²) in [5.41, 5.74) is -0.0987. The number of rotatable bonds is 7. The topological polar surface area (TPSA) is 26.3 Å². The monoisotopic (exact) mass is 270 g/mol. The second kappa shape index (κ2) is 6.16. The minimum atomic E-state index is -1.81. The van der Waals surface area contributed by atoms with Crippen molar-refractivity contribution < 1.29 is 9.22 Å². The summed E-state index contributed by atoms with van der Waals surface area (Å²) in [7, 11) is -1.81. The van der Waals surface area contributed by atoms with E-state index in [1.54, 1.807) is 0 Å². The summed E-state index contributed by atoms with van der Waals surface area (Å²) in [4.78, 5) is 10.6. The number of hydrogen-bond donors (Lipinski definition) is 0. The van der Waals surface area contributed by atoms with Crippen molar-refractivity contribution >= 4 is 14.6 Å². The normalized spacial score (nSPS) is 15.3. The van der Waals surface area contributed by atoms with Crippen LogP contribution in [0.5, 0.6) is 0 Å². The second-order valence-corrected chi connectivity index (χ2v) is 11.9. The first-order chi connectivity index (χ1) is 7.98. The minimum Gasteiger partial charge on any atom is -0.413 e. The fraction of sp³-hybridized carbons (Fsp3) is 0.800. The maximum Gasteiger partial charge on any atom is 0.192 e. The zero-order valence-electron chi connectivity index (χ0n) is 13.2. The lowest BCUT2D eigenvalue weighted by Crippen LogP contribution is -2.47. The van der Waals surface area contributed by atoms with Gasteiger partial charge in [-0.05, 0) is 24.6 Å². The molecule has 0 aliphatic carbocycles. The average molecular weight is 270 g/mol. The van der Waals surface area contributed by atoms with Crippen molar-refractivity contribution in [2.75, 3.05) is 0 Å². The Balaban J connectivity index is 5.01. The Morgan fingerprint density at radius 3 is 2.06 bits per heavy atom. The zero-order valence-corrected chi connectivity index (χ0v) is 14.2. The predicted molar refractivity (Wildman–Crippen MR) is 81.3 cm³/mol. The molecule has 0 spiro atoms. The molecule has 0 bridgehead atoms. The molecule has 0 radical (unpaired) electrons. The summed E-state index contributed by atoms with van der Waals surface area (Å²) >= 11 is 0. The lowest BCUT2D eigenvalue weighted by atomic mass is 9.84. The standard InChI is InChI=1S/C15H30O2Si/c1-9-15(5,6)13(11-10-12-16)17-18(7,8)14(2,3)4/h9,12-13H,1,10-11H2,2-8H3. The highest BCUT2D eigenvalue weighted by Crippen LogP contribution is 2.40. The summed E-state index contributed by atoms with van der Waals surface area (Å²) < 4.78 is 6.47. The van der Waals surface area contributed by atoms with Crippen molar-refractivity contribution in [2.45, 2.75) is 71.7 Å². The van der Waals surface area contributed by atoms with Crippen molar-refractivity contribution in [3.05, 3.63) is 12.7 Å². The Labute approximate surface area is 114 Å². The molecular weight excluding hydrogens is 240 g/mol. The number of aldehydes is 1. The first-order valence-electron chi connectivity index (χ1n) is 6.73. The third kappa shape index (κ3) is 4.69. The third-order valence-electron chi connectivity index (χ3n) is 4.15. The summed E-state index contributed by atoms with van der Waals surface area (Å²) in [5, 5.41) is 0.184. The van der Waals surface area contributed by atoms with Gasteiger partial charge in [0.15, 0.2) is 8.32 Å². The molecule has 1 unspecified atom stereocenters. The summed E-state index contributed by atoms with van der Waals surface area (Å²) in [6.45, 7) is 19.4. The van der Waals surface area contributed by atoms with Crippen molar-refractivity contribution in [3.63, 3.8) is 0 Å². The Hall–Kier alpha value is -0.413. The molecule has 1 atom stereocenters. The van der Waals surface area contributed by atoms with E-state index in [-0.39, 0.29) is 16.6 Å². The third-order valence-corrected chi connectivity index (χ3v) is 8.63. The van der Waals surface area contributed by atoms with Gasteiger partial charge in [0.1, 0.15) is 6.29 Å². The lowest BCUT2D eigenvalue weighted by Gasteiger charge is -2.43. The van der Waals surface area contributed by atoms with Crippen LogP contribution in [0, 0.1) is 5.41 Å². The molecule has 0 aromatic rings. The van der Waals surface area contributed by atoms with Crippen LogP contribution in [0.15, 0.2) is 12.7 Å². The van der Waals surface area contributed by atoms with Gasteiger partial charge < -0.3 is 9.22 Å². The van der Waals surface area contributed by atoms with E-state index in [0.29, 0.717) is 6.42 Å². The number of carbonyl (C=O) groups is 1. The Morgan fingerprint density at radius 2 is 1.72 bits per heavy atom. The van der Waals surface area contributed by atoms with Gasteiger partial charge in [-0.15, -0.1) is 6.58 Å². The predicted octanol–water partition coefficient (Wildman–Crippen LogP) is 4.57. The Kier molecular flexibility index (Phi) is 6.01. The van der Waals surface area contributed by atoms with Gasteiger partial charge in [-0.2, -0.15) is 0 Å². The largest absolute Gasteiger partial charge is 0.413 e. The van der Waals surface area contributed by atoms with E-state index in [9.17, 15) is 4.79 Å². The van der Waals surface area contributed by atoms with Gasteiger partial charge in [0.05, 0.1) is 6.10 Å². The van der Waals surface area contributed by atoms with Crippen LogP contribution in [0.25, 0.3) is 0 Å². The molecule has 0 saturated heterocycles. The van der Waals surface area contributed by atoms with E-state index in [0.717, 1.165) is 12.7 Å². The molecule has 0 heterocycles. The molecule has 3 heteroatoms. The van der Waals surface area contributed by atoms with Crippen molar-refractivity contribution in [3.8, 4) is 0 Å². The van der Waals surface area contributed by atoms with E-state index < -0.39 is 8.32 Å². The van der Waals surface area contributed by atoms with Crippen LogP contribution in [-0.2, 0) is 9.22 Å². The molecule has 0 N–H and O–H groups in total. The van der Waals surface area contributed by atoms with Crippen LogP contribution in [0.1, 0.15) is 47.5 Å². The minimum absolute atomic E-state index is 0.0705. The van der Waals surface area contributed by atoms with Crippen LogP contribution in [0.4, 0.5) is 0 Å². The molecule has 0 aliphatic heterocycles. The smallest absolute Gasteiger partial charge is 0.192 e. The fourth-order valence-corrected chi connectivity index (χ4v) is 2.95. The van der Waals surface area contributed by atoms with Crippen molar-refractivity contribution in [1.29, 1.82) is 0 Å². The number of carbonyl (C=O) groups excluding carboxylic acids is 1. The highest BCUT2D eigenvalue weighted by atomic mass is 28.4. The molecule has 0 rings (SSSR count). The van der Waals surface area contributed by atoms with Gasteiger partial charge in [-0.25, -0.2) is 0 Å². The molecular formula is C15H30O2Si. The summed E-state index contributed by atoms with van der Waals surface area (Å²) in [6, 6.07) is 0. The van der Waals surface area contributed by atoms with Gasteiger partial charge in [0, 0.05) is 11.8 Å². The van der Waals surface area contributed by atoms with Gasteiger partial charge in [-0.1, -0.05) is 40.7 Å². The van der Waals surface area contributed by atoms with Gasteiger partial charge in [0.25, 0.3) is 0 Å². The average Bonchev–Trinajstić information content (AvgIpc) is 2.22. The molecule has 106 valence electrons. The summed E-state index contributed by atoms with van der Waals surface area (Å²) in [6.07, 6.45) is 4.31. The molecule has 0 aromatic carbocycles. The van der Waals surface area contributed by atoms with Gasteiger partial charge in [-0.3, -0.25) is 0 Å². The quantitative estimate of drug-likeness (QED) is 0.385. The van der Waals surface area contributed by atoms with Crippen LogP contribution in [-0.4, -0.2) is 20.7 Å². The maximum atomic E-state index is 10.6. The van der Waals surface area contributed by atoms with Crippen molar-refractivity contribution in [1.82, 2.24) is 0 Å². The molecule has 18 heavy (non-hydrogen) atoms. The molecule has 0 amide bonds. The molecule has 0 aromatic heterocycles. The SMILES string of the molecule is C=CC(C)(C)C(CCC=O)O[Si](C)(C)C(C)(C)C. The second-order valence-electron chi connectivity index (χ2n) is 7.14. The van der Waals surface area contributed by atoms with Crippen LogP contribution < -0.4 is 0 Å². The van der Waals surface area contributed by atoms with Crippen LogP contribution in [0.3, 0.4) is 0 Å². The highest BCUT2D eigenvalue weighted by Gasteiger charge is 2.41. The fourth-order valence-electron chi connectivity index (χ4n) is 1.47. The lowest BCUT2D eigenvalue weighted by molar-refractivity contribution is -0.108. The van der Waals surface area contributed by atoms with E-state index in [1.165, 1.54) is 0 Å². The highest BCUT2D eigenvalue weighted by molar-refractivity contribution is 6.74. The maximum absolute atomic E-state index is 10.6. The number of hydrogen-bond acceptors (Lipinski definition) is 2. The Bertz CT molecular complexity index is 287. The molecule has 2 nitrogen and oxygen atoms in total. The van der Waals surface area contributed by atoms with E-state index in [1.807, 2.05) is 6.08 Å². The van der Waals surface area contributed by atoms with Crippen LogP contribution in [0.2, 0.25) is 18.1 Å². The van der Waals surface area contributed by atoms with E-state index in [2.05, 4.69) is 54.3 Å². The van der Waals surface area contributed by atoms with E-state index in [4.69, 9.17) is 4.43 Å². The van der Waals surface area contributed by atoms with Crippen molar-refractivity contribution in [2.24, 2.45) is 5.41 Å². The van der Waals surface area contributed by atoms with Gasteiger partial charge in [0.2, 0.25) is 0 Å². The Morgan fingerprint density at radius 1 is 1.22 bits per heavy atom. The molecule has 0 aliphatic rings. The first-order valence-corrected chi connectivity index (χ1v) is 9.64.